The Morgan fingerprint density at radius 1 is 1.24 bits per heavy atom. The lowest BCUT2D eigenvalue weighted by atomic mass is 10.2. The summed E-state index contributed by atoms with van der Waals surface area (Å²) in [6.45, 7) is 3.59. The van der Waals surface area contributed by atoms with Crippen LogP contribution in [0.1, 0.15) is 11.1 Å². The molecule has 0 unspecified atom stereocenters. The molecule has 0 amide bonds. The maximum atomic E-state index is 12.1. The smallest absolute Gasteiger partial charge is 0.263 e. The van der Waals surface area contributed by atoms with Crippen molar-refractivity contribution in [3.8, 4) is 0 Å². The Morgan fingerprint density at radius 2 is 2.00 bits per heavy atom. The van der Waals surface area contributed by atoms with Crippen LogP contribution in [0.25, 0.3) is 0 Å². The summed E-state index contributed by atoms with van der Waals surface area (Å²) in [6, 6.07) is 6.71. The third-order valence-corrected chi connectivity index (χ3v) is 3.81. The fourth-order valence-electron chi connectivity index (χ4n) is 1.45. The molecule has 90 valence electrons. The van der Waals surface area contributed by atoms with Crippen LogP contribution in [0, 0.1) is 13.8 Å². The summed E-state index contributed by atoms with van der Waals surface area (Å²) < 4.78 is 31.1. The molecule has 2 rings (SSSR count). The van der Waals surface area contributed by atoms with Crippen molar-refractivity contribution in [1.29, 1.82) is 0 Å². The van der Waals surface area contributed by atoms with Gasteiger partial charge in [-0.2, -0.15) is 0 Å². The van der Waals surface area contributed by atoms with Crippen LogP contribution in [0.3, 0.4) is 0 Å². The predicted octanol–water partition coefficient (Wildman–Crippen LogP) is 2.09. The van der Waals surface area contributed by atoms with Crippen molar-refractivity contribution in [3.63, 3.8) is 0 Å². The zero-order chi connectivity index (χ0) is 12.5. The fraction of sp³-hybridized carbons (Fsp3) is 0.182. The van der Waals surface area contributed by atoms with Gasteiger partial charge < -0.3 is 4.52 Å². The highest BCUT2D eigenvalue weighted by molar-refractivity contribution is 7.92. The molecule has 0 fully saturated rings. The topological polar surface area (TPSA) is 72.2 Å². The van der Waals surface area contributed by atoms with Crippen LogP contribution in [0.4, 0.5) is 5.82 Å². The van der Waals surface area contributed by atoms with E-state index in [0.29, 0.717) is 5.56 Å². The molecule has 0 bridgehead atoms. The van der Waals surface area contributed by atoms with Crippen molar-refractivity contribution in [1.82, 2.24) is 5.16 Å². The number of sulfonamides is 1. The van der Waals surface area contributed by atoms with E-state index in [1.54, 1.807) is 19.1 Å². The Bertz CT molecular complexity index is 618. The Morgan fingerprint density at radius 3 is 2.65 bits per heavy atom. The van der Waals surface area contributed by atoms with E-state index in [9.17, 15) is 8.42 Å². The average molecular weight is 252 g/mol. The summed E-state index contributed by atoms with van der Waals surface area (Å²) in [6.07, 6.45) is 1.31. The van der Waals surface area contributed by atoms with E-state index < -0.39 is 10.0 Å². The van der Waals surface area contributed by atoms with Gasteiger partial charge in [-0.3, -0.25) is 4.72 Å². The van der Waals surface area contributed by atoms with E-state index in [1.165, 1.54) is 12.3 Å². The molecular formula is C11H12N2O3S. The maximum absolute atomic E-state index is 12.1. The van der Waals surface area contributed by atoms with Crippen molar-refractivity contribution < 1.29 is 12.9 Å². The van der Waals surface area contributed by atoms with E-state index >= 15 is 0 Å². The maximum Gasteiger partial charge on any atom is 0.263 e. The van der Waals surface area contributed by atoms with Gasteiger partial charge in [-0.25, -0.2) is 8.42 Å². The largest absolute Gasteiger partial charge is 0.363 e. The van der Waals surface area contributed by atoms with E-state index in [0.717, 1.165) is 5.56 Å². The molecule has 0 radical (unpaired) electrons. The van der Waals surface area contributed by atoms with Gasteiger partial charge in [-0.05, 0) is 31.0 Å². The second kappa shape index (κ2) is 4.21. The van der Waals surface area contributed by atoms with Crippen LogP contribution in [0.5, 0.6) is 0 Å². The van der Waals surface area contributed by atoms with E-state index in [1.807, 2.05) is 13.0 Å². The van der Waals surface area contributed by atoms with E-state index in [2.05, 4.69) is 14.4 Å². The highest BCUT2D eigenvalue weighted by Gasteiger charge is 2.18. The third kappa shape index (κ3) is 2.47. The molecule has 0 saturated carbocycles. The Balaban J connectivity index is 2.41. The molecule has 0 spiro atoms. The lowest BCUT2D eigenvalue weighted by Gasteiger charge is -2.08. The standard InChI is InChI=1S/C11H12N2O3S/c1-8-3-4-9(2)10(7-8)17(14,15)13-11-5-6-16-12-11/h3-7H,1-2H3,(H,12,13). The third-order valence-electron chi connectivity index (χ3n) is 2.31. The summed E-state index contributed by atoms with van der Waals surface area (Å²) in [5.41, 5.74) is 1.57. The van der Waals surface area contributed by atoms with Crippen LogP contribution < -0.4 is 4.72 Å². The summed E-state index contributed by atoms with van der Waals surface area (Å²) in [5.74, 6) is 0.172. The van der Waals surface area contributed by atoms with Gasteiger partial charge in [0.25, 0.3) is 10.0 Å². The number of hydrogen-bond acceptors (Lipinski definition) is 4. The molecule has 1 N–H and O–H groups in total. The summed E-state index contributed by atoms with van der Waals surface area (Å²) >= 11 is 0. The summed E-state index contributed by atoms with van der Waals surface area (Å²) in [7, 11) is -3.61. The minimum atomic E-state index is -3.61. The Labute approximate surface area is 99.5 Å². The van der Waals surface area contributed by atoms with Gasteiger partial charge in [0.05, 0.1) is 4.90 Å². The number of anilines is 1. The predicted molar refractivity (Wildman–Crippen MR) is 63.2 cm³/mol. The fourth-order valence-corrected chi connectivity index (χ4v) is 2.78. The van der Waals surface area contributed by atoms with Crippen molar-refractivity contribution >= 4 is 15.8 Å². The Kier molecular flexibility index (Phi) is 2.89. The monoisotopic (exact) mass is 252 g/mol. The Hall–Kier alpha value is -1.82. The van der Waals surface area contributed by atoms with Gasteiger partial charge in [-0.15, -0.1) is 0 Å². The molecule has 5 nitrogen and oxygen atoms in total. The van der Waals surface area contributed by atoms with Crippen molar-refractivity contribution in [2.45, 2.75) is 18.7 Å². The molecule has 0 aliphatic heterocycles. The average Bonchev–Trinajstić information content (AvgIpc) is 2.73. The lowest BCUT2D eigenvalue weighted by molar-refractivity contribution is 0.423. The van der Waals surface area contributed by atoms with Gasteiger partial charge in [0.2, 0.25) is 0 Å². The van der Waals surface area contributed by atoms with Gasteiger partial charge in [0.1, 0.15) is 6.26 Å². The van der Waals surface area contributed by atoms with Gasteiger partial charge in [-0.1, -0.05) is 17.3 Å². The molecule has 1 heterocycles. The normalized spacial score (nSPS) is 11.4. The number of nitrogens with zero attached hydrogens (tertiary/aromatic N) is 1. The molecule has 0 aliphatic carbocycles. The van der Waals surface area contributed by atoms with Crippen molar-refractivity contribution in [2.24, 2.45) is 0 Å². The molecule has 2 aromatic rings. The first kappa shape index (κ1) is 11.7. The molecular weight excluding hydrogens is 240 g/mol. The molecule has 0 aliphatic rings. The summed E-state index contributed by atoms with van der Waals surface area (Å²) in [4.78, 5) is 0.250. The summed E-state index contributed by atoms with van der Waals surface area (Å²) in [5, 5.41) is 3.51. The van der Waals surface area contributed by atoms with Gasteiger partial charge in [0.15, 0.2) is 5.82 Å². The number of benzene rings is 1. The highest BCUT2D eigenvalue weighted by Crippen LogP contribution is 2.19. The van der Waals surface area contributed by atoms with Crippen LogP contribution >= 0.6 is 0 Å². The number of aromatic nitrogens is 1. The van der Waals surface area contributed by atoms with E-state index in [4.69, 9.17) is 0 Å². The second-order valence-electron chi connectivity index (χ2n) is 3.76. The SMILES string of the molecule is Cc1ccc(C)c(S(=O)(=O)Nc2ccon2)c1. The molecule has 1 aromatic heterocycles. The lowest BCUT2D eigenvalue weighted by Crippen LogP contribution is -2.14. The van der Waals surface area contributed by atoms with Gasteiger partial charge in [0, 0.05) is 6.07 Å². The van der Waals surface area contributed by atoms with Crippen LogP contribution in [0.15, 0.2) is 39.9 Å². The second-order valence-corrected chi connectivity index (χ2v) is 5.41. The van der Waals surface area contributed by atoms with Crippen molar-refractivity contribution in [2.75, 3.05) is 4.72 Å². The van der Waals surface area contributed by atoms with Crippen LogP contribution in [0.2, 0.25) is 0 Å². The number of aryl methyl sites for hydroxylation is 2. The number of nitrogens with one attached hydrogen (secondary N) is 1. The molecule has 0 atom stereocenters. The highest BCUT2D eigenvalue weighted by atomic mass is 32.2. The van der Waals surface area contributed by atoms with E-state index in [-0.39, 0.29) is 10.7 Å². The minimum Gasteiger partial charge on any atom is -0.363 e. The molecule has 6 heteroatoms. The van der Waals surface area contributed by atoms with Gasteiger partial charge >= 0.3 is 0 Å². The van der Waals surface area contributed by atoms with Crippen LogP contribution in [-0.2, 0) is 10.0 Å². The number of hydrogen-bond donors (Lipinski definition) is 1. The van der Waals surface area contributed by atoms with Crippen LogP contribution in [-0.4, -0.2) is 13.6 Å². The molecule has 0 saturated heterocycles. The zero-order valence-electron chi connectivity index (χ0n) is 9.47. The first-order chi connectivity index (χ1) is 7.99. The number of rotatable bonds is 3. The molecule has 1 aromatic carbocycles. The first-order valence-corrected chi connectivity index (χ1v) is 6.48. The van der Waals surface area contributed by atoms with Crippen molar-refractivity contribution in [3.05, 3.63) is 41.7 Å². The quantitative estimate of drug-likeness (QED) is 0.907. The minimum absolute atomic E-state index is 0.172. The molecule has 17 heavy (non-hydrogen) atoms. The first-order valence-electron chi connectivity index (χ1n) is 4.99. The zero-order valence-corrected chi connectivity index (χ0v) is 10.3.